The monoisotopic (exact) mass is 472 g/mol. The second kappa shape index (κ2) is 11.8. The predicted octanol–water partition coefficient (Wildman–Crippen LogP) is 7.82. The number of nitrogens with zero attached hydrogens (tertiary/aromatic N) is 2. The Morgan fingerprint density at radius 1 is 1.06 bits per heavy atom. The van der Waals surface area contributed by atoms with Crippen molar-refractivity contribution in [3.63, 3.8) is 0 Å². The van der Waals surface area contributed by atoms with Gasteiger partial charge in [-0.05, 0) is 54.9 Å². The van der Waals surface area contributed by atoms with Crippen LogP contribution in [0.4, 0.5) is 0 Å². The van der Waals surface area contributed by atoms with Crippen molar-refractivity contribution in [3.8, 4) is 11.4 Å². The molecule has 1 aliphatic carbocycles. The van der Waals surface area contributed by atoms with E-state index in [9.17, 15) is 4.79 Å². The molecule has 0 radical (unpaired) electrons. The van der Waals surface area contributed by atoms with Crippen molar-refractivity contribution in [2.45, 2.75) is 78.6 Å². The van der Waals surface area contributed by atoms with Gasteiger partial charge in [0, 0.05) is 24.8 Å². The van der Waals surface area contributed by atoms with Gasteiger partial charge in [-0.1, -0.05) is 98.9 Å². The topological polar surface area (TPSA) is 56.0 Å². The minimum absolute atomic E-state index is 0.232. The largest absolute Gasteiger partial charge is 0.339 e. The van der Waals surface area contributed by atoms with E-state index < -0.39 is 0 Å². The number of aryl methyl sites for hydroxylation is 1. The molecule has 186 valence electrons. The smallest absolute Gasteiger partial charge is 0.227 e. The molecular formula is C31H40N2O2. The van der Waals surface area contributed by atoms with E-state index >= 15 is 0 Å². The zero-order chi connectivity index (χ0) is 24.8. The second-order valence-electron chi connectivity index (χ2n) is 11.0. The molecular weight excluding hydrogens is 432 g/mol. The molecule has 35 heavy (non-hydrogen) atoms. The van der Waals surface area contributed by atoms with E-state index in [0.29, 0.717) is 60.4 Å². The Balaban J connectivity index is 1.39. The number of carbonyl (C=O) groups excluding carboxylic acids is 1. The van der Waals surface area contributed by atoms with Crippen LogP contribution in [0.3, 0.4) is 0 Å². The summed E-state index contributed by atoms with van der Waals surface area (Å²) in [5.41, 5.74) is 3.66. The van der Waals surface area contributed by atoms with Gasteiger partial charge in [-0.15, -0.1) is 0 Å². The number of carbonyl (C=O) groups is 1. The van der Waals surface area contributed by atoms with Gasteiger partial charge in [0.25, 0.3) is 0 Å². The van der Waals surface area contributed by atoms with E-state index in [0.717, 1.165) is 12.0 Å². The van der Waals surface area contributed by atoms with E-state index in [-0.39, 0.29) is 5.92 Å². The fraction of sp³-hybridized carbons (Fsp3) is 0.516. The van der Waals surface area contributed by atoms with Crippen molar-refractivity contribution in [1.29, 1.82) is 0 Å². The van der Waals surface area contributed by atoms with Crippen LogP contribution < -0.4 is 0 Å². The molecule has 0 bridgehead atoms. The quantitative estimate of drug-likeness (QED) is 0.270. The lowest BCUT2D eigenvalue weighted by Gasteiger charge is -2.45. The molecule has 4 atom stereocenters. The lowest BCUT2D eigenvalue weighted by atomic mass is 9.59. The highest BCUT2D eigenvalue weighted by Gasteiger charge is 2.41. The van der Waals surface area contributed by atoms with Crippen molar-refractivity contribution < 1.29 is 9.32 Å². The lowest BCUT2D eigenvalue weighted by Crippen LogP contribution is -2.36. The Morgan fingerprint density at radius 2 is 1.80 bits per heavy atom. The number of hydrogen-bond donors (Lipinski definition) is 0. The van der Waals surface area contributed by atoms with Crippen LogP contribution in [-0.4, -0.2) is 15.9 Å². The van der Waals surface area contributed by atoms with Gasteiger partial charge in [-0.2, -0.15) is 4.98 Å². The van der Waals surface area contributed by atoms with Crippen LogP contribution in [-0.2, 0) is 11.2 Å². The summed E-state index contributed by atoms with van der Waals surface area (Å²) in [6, 6.07) is 18.9. The van der Waals surface area contributed by atoms with Crippen LogP contribution in [0.15, 0.2) is 59.1 Å². The summed E-state index contributed by atoms with van der Waals surface area (Å²) in [5.74, 6) is 4.08. The van der Waals surface area contributed by atoms with Crippen molar-refractivity contribution in [2.75, 3.05) is 0 Å². The van der Waals surface area contributed by atoms with Crippen molar-refractivity contribution >= 4 is 5.78 Å². The molecule has 1 saturated carbocycles. The van der Waals surface area contributed by atoms with E-state index in [1.54, 1.807) is 0 Å². The van der Waals surface area contributed by atoms with Gasteiger partial charge in [0.15, 0.2) is 0 Å². The number of hydrogen-bond acceptors (Lipinski definition) is 4. The number of Topliss-reactive ketones (excluding diaryl/α,β-unsaturated/α-hetero) is 1. The first kappa shape index (κ1) is 25.3. The molecule has 0 saturated heterocycles. The normalized spacial score (nSPS) is 20.5. The molecule has 1 aliphatic rings. The third-order valence-corrected chi connectivity index (χ3v) is 7.52. The Kier molecular flexibility index (Phi) is 8.54. The molecule has 1 aromatic heterocycles. The molecule has 3 aromatic rings. The summed E-state index contributed by atoms with van der Waals surface area (Å²) < 4.78 is 5.58. The number of rotatable bonds is 12. The number of benzene rings is 2. The summed E-state index contributed by atoms with van der Waals surface area (Å²) in [6.07, 6.45) is 6.56. The molecule has 4 rings (SSSR count). The average Bonchev–Trinajstić information content (AvgIpc) is 3.28. The zero-order valence-electron chi connectivity index (χ0n) is 21.7. The summed E-state index contributed by atoms with van der Waals surface area (Å²) in [5, 5.41) is 4.17. The molecule has 0 amide bonds. The second-order valence-corrected chi connectivity index (χ2v) is 11.0. The van der Waals surface area contributed by atoms with E-state index in [4.69, 9.17) is 4.52 Å². The maximum Gasteiger partial charge on any atom is 0.227 e. The van der Waals surface area contributed by atoms with Crippen molar-refractivity contribution in [1.82, 2.24) is 10.1 Å². The van der Waals surface area contributed by atoms with Crippen molar-refractivity contribution in [2.24, 2.45) is 23.7 Å². The van der Waals surface area contributed by atoms with Gasteiger partial charge >= 0.3 is 0 Å². The van der Waals surface area contributed by atoms with Crippen LogP contribution in [0.1, 0.15) is 82.2 Å². The number of aromatic nitrogens is 2. The third kappa shape index (κ3) is 6.68. The first-order valence-electron chi connectivity index (χ1n) is 13.4. The number of ketones is 1. The van der Waals surface area contributed by atoms with Crippen LogP contribution in [0, 0.1) is 30.6 Å². The highest BCUT2D eigenvalue weighted by Crippen LogP contribution is 2.51. The van der Waals surface area contributed by atoms with E-state index in [1.807, 2.05) is 30.3 Å². The summed E-state index contributed by atoms with van der Waals surface area (Å²) in [6.45, 7) is 8.84. The first-order valence-corrected chi connectivity index (χ1v) is 13.4. The molecule has 0 spiro atoms. The van der Waals surface area contributed by atoms with Crippen LogP contribution in [0.5, 0.6) is 0 Å². The molecule has 4 heteroatoms. The van der Waals surface area contributed by atoms with Gasteiger partial charge in [-0.3, -0.25) is 4.79 Å². The van der Waals surface area contributed by atoms with Crippen LogP contribution >= 0.6 is 0 Å². The van der Waals surface area contributed by atoms with Gasteiger partial charge in [0.05, 0.1) is 0 Å². The fourth-order valence-corrected chi connectivity index (χ4v) is 5.98. The first-order chi connectivity index (χ1) is 16.9. The van der Waals surface area contributed by atoms with Crippen molar-refractivity contribution in [3.05, 3.63) is 71.6 Å². The summed E-state index contributed by atoms with van der Waals surface area (Å²) in [4.78, 5) is 17.9. The zero-order valence-corrected chi connectivity index (χ0v) is 21.7. The molecule has 1 heterocycles. The summed E-state index contributed by atoms with van der Waals surface area (Å²) in [7, 11) is 0. The minimum Gasteiger partial charge on any atom is -0.339 e. The lowest BCUT2D eigenvalue weighted by molar-refractivity contribution is -0.122. The summed E-state index contributed by atoms with van der Waals surface area (Å²) >= 11 is 0. The van der Waals surface area contributed by atoms with E-state index in [2.05, 4.69) is 62.1 Å². The molecule has 2 aromatic carbocycles. The van der Waals surface area contributed by atoms with Gasteiger partial charge in [-0.25, -0.2) is 0 Å². The minimum atomic E-state index is 0.232. The standard InChI is InChI=1S/C31H40N2O2/c1-5-9-26-19-27(30(26)24-14-12-22(4)13-15-24)20-28(34)17-23(16-21(2)3)18-29-32-31(33-35-29)25-10-7-6-8-11-25/h6-8,10-15,21,23,26-27,30H,5,9,16-20H2,1-4H3. The maximum atomic E-state index is 13.3. The predicted molar refractivity (Wildman–Crippen MR) is 141 cm³/mol. The Hall–Kier alpha value is -2.75. The molecule has 0 aliphatic heterocycles. The van der Waals surface area contributed by atoms with Gasteiger partial charge in [0.2, 0.25) is 11.7 Å². The molecule has 4 unspecified atom stereocenters. The van der Waals surface area contributed by atoms with Gasteiger partial charge in [0.1, 0.15) is 5.78 Å². The Bertz CT molecular complexity index is 1070. The fourth-order valence-electron chi connectivity index (χ4n) is 5.98. The van der Waals surface area contributed by atoms with Crippen LogP contribution in [0.25, 0.3) is 11.4 Å². The van der Waals surface area contributed by atoms with Gasteiger partial charge < -0.3 is 4.52 Å². The Morgan fingerprint density at radius 3 is 2.49 bits per heavy atom. The van der Waals surface area contributed by atoms with E-state index in [1.165, 1.54) is 30.4 Å². The molecule has 0 N–H and O–H groups in total. The van der Waals surface area contributed by atoms with Crippen LogP contribution in [0.2, 0.25) is 0 Å². The molecule has 1 fully saturated rings. The highest BCUT2D eigenvalue weighted by molar-refractivity contribution is 5.79. The Labute approximate surface area is 210 Å². The maximum absolute atomic E-state index is 13.3. The third-order valence-electron chi connectivity index (χ3n) is 7.52. The SMILES string of the molecule is CCCC1CC(CC(=O)CC(Cc2nc(-c3ccccc3)no2)CC(C)C)C1c1ccc(C)cc1. The molecule has 4 nitrogen and oxygen atoms in total. The average molecular weight is 473 g/mol. The highest BCUT2D eigenvalue weighted by atomic mass is 16.5.